The van der Waals surface area contributed by atoms with Crippen molar-refractivity contribution >= 4 is 39.0 Å². The van der Waals surface area contributed by atoms with Crippen LogP contribution in [0.5, 0.6) is 0 Å². The summed E-state index contributed by atoms with van der Waals surface area (Å²) in [5.74, 6) is 0. The Hall–Kier alpha value is -6.64. The highest BCUT2D eigenvalue weighted by Gasteiger charge is 2.35. The standard InChI is InChI=1S/C51H37NO/c1-51(2)47-19-11-9-17-41(47)42-30-25-37(31-48(42)51)44-32-46-43-18-10-12-20-49(43)53-50(46)33-45(44)36-23-28-40(29-24-36)52(38-15-7-4-8-16-38)39-26-21-35(22-27-39)34-13-5-3-6-14-34/h3-33H,1-2H3. The zero-order chi connectivity index (χ0) is 35.5. The lowest BCUT2D eigenvalue weighted by Crippen LogP contribution is -2.14. The molecule has 0 radical (unpaired) electrons. The molecule has 53 heavy (non-hydrogen) atoms. The van der Waals surface area contributed by atoms with E-state index in [0.29, 0.717) is 0 Å². The summed E-state index contributed by atoms with van der Waals surface area (Å²) in [5.41, 5.74) is 17.5. The van der Waals surface area contributed by atoms with Crippen LogP contribution in [-0.4, -0.2) is 0 Å². The van der Waals surface area contributed by atoms with Crippen molar-refractivity contribution in [2.24, 2.45) is 0 Å². The summed E-state index contributed by atoms with van der Waals surface area (Å²) in [6.45, 7) is 4.70. The van der Waals surface area contributed by atoms with Crippen molar-refractivity contribution in [2.45, 2.75) is 19.3 Å². The van der Waals surface area contributed by atoms with Crippen LogP contribution in [0, 0.1) is 0 Å². The van der Waals surface area contributed by atoms with Crippen molar-refractivity contribution in [3.05, 3.63) is 199 Å². The van der Waals surface area contributed by atoms with Crippen LogP contribution in [0.25, 0.3) is 66.4 Å². The second kappa shape index (κ2) is 12.3. The number of anilines is 3. The lowest BCUT2D eigenvalue weighted by atomic mass is 9.81. The summed E-state index contributed by atoms with van der Waals surface area (Å²) in [6.07, 6.45) is 0. The van der Waals surface area contributed by atoms with Gasteiger partial charge in [-0.1, -0.05) is 141 Å². The molecule has 10 rings (SSSR count). The highest BCUT2D eigenvalue weighted by atomic mass is 16.3. The molecule has 1 aliphatic rings. The fourth-order valence-electron chi connectivity index (χ4n) is 8.37. The molecule has 2 heteroatoms. The van der Waals surface area contributed by atoms with Crippen LogP contribution < -0.4 is 4.90 Å². The Bertz CT molecular complexity index is 2780. The molecule has 1 aromatic heterocycles. The van der Waals surface area contributed by atoms with E-state index in [-0.39, 0.29) is 5.41 Å². The summed E-state index contributed by atoms with van der Waals surface area (Å²) >= 11 is 0. The molecule has 0 amide bonds. The van der Waals surface area contributed by atoms with E-state index in [1.807, 2.05) is 6.07 Å². The number of nitrogens with zero attached hydrogens (tertiary/aromatic N) is 1. The molecule has 0 spiro atoms. The molecule has 0 saturated carbocycles. The maximum Gasteiger partial charge on any atom is 0.136 e. The van der Waals surface area contributed by atoms with Gasteiger partial charge in [0.2, 0.25) is 0 Å². The van der Waals surface area contributed by atoms with Crippen molar-refractivity contribution < 1.29 is 4.42 Å². The van der Waals surface area contributed by atoms with Gasteiger partial charge in [0, 0.05) is 33.2 Å². The van der Waals surface area contributed by atoms with Gasteiger partial charge in [-0.25, -0.2) is 0 Å². The van der Waals surface area contributed by atoms with Crippen LogP contribution in [-0.2, 0) is 5.41 Å². The van der Waals surface area contributed by atoms with Crippen molar-refractivity contribution in [3.8, 4) is 44.5 Å². The topological polar surface area (TPSA) is 16.4 Å². The first-order valence-corrected chi connectivity index (χ1v) is 18.3. The predicted octanol–water partition coefficient (Wildman–Crippen LogP) is 14.4. The Kier molecular flexibility index (Phi) is 7.19. The minimum atomic E-state index is -0.0869. The number of hydrogen-bond acceptors (Lipinski definition) is 2. The number of benzene rings is 8. The molecule has 252 valence electrons. The minimum absolute atomic E-state index is 0.0869. The first kappa shape index (κ1) is 31.1. The van der Waals surface area contributed by atoms with E-state index in [2.05, 4.69) is 201 Å². The Balaban J connectivity index is 1.10. The summed E-state index contributed by atoms with van der Waals surface area (Å²) < 4.78 is 6.47. The smallest absolute Gasteiger partial charge is 0.136 e. The summed E-state index contributed by atoms with van der Waals surface area (Å²) in [5, 5.41) is 2.27. The molecule has 1 aliphatic carbocycles. The second-order valence-electron chi connectivity index (χ2n) is 14.6. The van der Waals surface area contributed by atoms with Gasteiger partial charge in [0.05, 0.1) is 0 Å². The molecule has 0 unspecified atom stereocenters. The van der Waals surface area contributed by atoms with Crippen LogP contribution in [0.1, 0.15) is 25.0 Å². The fourth-order valence-corrected chi connectivity index (χ4v) is 8.37. The first-order valence-electron chi connectivity index (χ1n) is 18.3. The van der Waals surface area contributed by atoms with E-state index in [1.165, 1.54) is 44.5 Å². The van der Waals surface area contributed by atoms with E-state index in [1.54, 1.807) is 0 Å². The van der Waals surface area contributed by atoms with Gasteiger partial charge in [0.25, 0.3) is 0 Å². The molecular formula is C51H37NO. The molecule has 0 bridgehead atoms. The zero-order valence-electron chi connectivity index (χ0n) is 29.8. The number of hydrogen-bond donors (Lipinski definition) is 0. The third kappa shape index (κ3) is 5.18. The molecule has 8 aromatic carbocycles. The van der Waals surface area contributed by atoms with Gasteiger partial charge in [-0.05, 0) is 116 Å². The molecule has 2 nitrogen and oxygen atoms in total. The predicted molar refractivity (Wildman–Crippen MR) is 222 cm³/mol. The Morgan fingerprint density at radius 1 is 0.358 bits per heavy atom. The molecule has 9 aromatic rings. The number of para-hydroxylation sites is 2. The fraction of sp³-hybridized carbons (Fsp3) is 0.0588. The normalized spacial score (nSPS) is 12.9. The van der Waals surface area contributed by atoms with Crippen LogP contribution >= 0.6 is 0 Å². The van der Waals surface area contributed by atoms with E-state index in [4.69, 9.17) is 4.42 Å². The van der Waals surface area contributed by atoms with Crippen molar-refractivity contribution in [2.75, 3.05) is 4.90 Å². The van der Waals surface area contributed by atoms with E-state index >= 15 is 0 Å². The first-order chi connectivity index (χ1) is 26.0. The maximum atomic E-state index is 6.47. The molecule has 0 N–H and O–H groups in total. The van der Waals surface area contributed by atoms with Crippen molar-refractivity contribution in [1.29, 1.82) is 0 Å². The summed E-state index contributed by atoms with van der Waals surface area (Å²) in [4.78, 5) is 2.32. The Labute approximate surface area is 310 Å². The largest absolute Gasteiger partial charge is 0.456 e. The highest BCUT2D eigenvalue weighted by molar-refractivity contribution is 6.09. The third-order valence-electron chi connectivity index (χ3n) is 11.1. The van der Waals surface area contributed by atoms with Crippen molar-refractivity contribution in [3.63, 3.8) is 0 Å². The van der Waals surface area contributed by atoms with Crippen LogP contribution in [0.4, 0.5) is 17.1 Å². The quantitative estimate of drug-likeness (QED) is 0.174. The van der Waals surface area contributed by atoms with Gasteiger partial charge < -0.3 is 9.32 Å². The molecular weight excluding hydrogens is 643 g/mol. The molecule has 0 saturated heterocycles. The van der Waals surface area contributed by atoms with Gasteiger partial charge in [0.1, 0.15) is 11.2 Å². The third-order valence-corrected chi connectivity index (χ3v) is 11.1. The Morgan fingerprint density at radius 3 is 1.66 bits per heavy atom. The van der Waals surface area contributed by atoms with Crippen LogP contribution in [0.15, 0.2) is 192 Å². The SMILES string of the molecule is CC1(C)c2ccccc2-c2ccc(-c3cc4c(cc3-c3ccc(N(c5ccccc5)c5ccc(-c6ccccc6)cc5)cc3)oc3ccccc34)cc21. The zero-order valence-corrected chi connectivity index (χ0v) is 29.8. The average Bonchev–Trinajstić information content (AvgIpc) is 3.70. The van der Waals surface area contributed by atoms with Crippen molar-refractivity contribution in [1.82, 2.24) is 0 Å². The lowest BCUT2D eigenvalue weighted by molar-refractivity contribution is 0.660. The summed E-state index contributed by atoms with van der Waals surface area (Å²) in [7, 11) is 0. The highest BCUT2D eigenvalue weighted by Crippen LogP contribution is 2.50. The van der Waals surface area contributed by atoms with Crippen LogP contribution in [0.2, 0.25) is 0 Å². The number of furan rings is 1. The number of rotatable bonds is 6. The second-order valence-corrected chi connectivity index (χ2v) is 14.6. The minimum Gasteiger partial charge on any atom is -0.456 e. The average molecular weight is 680 g/mol. The number of fused-ring (bicyclic) bond motifs is 6. The van der Waals surface area contributed by atoms with Crippen LogP contribution in [0.3, 0.4) is 0 Å². The Morgan fingerprint density at radius 2 is 0.906 bits per heavy atom. The molecule has 0 aliphatic heterocycles. The van der Waals surface area contributed by atoms with Gasteiger partial charge in [0.15, 0.2) is 0 Å². The molecule has 1 heterocycles. The van der Waals surface area contributed by atoms with E-state index in [9.17, 15) is 0 Å². The molecule has 0 atom stereocenters. The van der Waals surface area contributed by atoms with Gasteiger partial charge in [-0.2, -0.15) is 0 Å². The molecule has 0 fully saturated rings. The van der Waals surface area contributed by atoms with E-state index in [0.717, 1.165) is 50.1 Å². The summed E-state index contributed by atoms with van der Waals surface area (Å²) in [6, 6.07) is 67.8. The van der Waals surface area contributed by atoms with Gasteiger partial charge >= 0.3 is 0 Å². The monoisotopic (exact) mass is 679 g/mol. The van der Waals surface area contributed by atoms with E-state index < -0.39 is 0 Å². The maximum absolute atomic E-state index is 6.47. The lowest BCUT2D eigenvalue weighted by Gasteiger charge is -2.26. The van der Waals surface area contributed by atoms with Gasteiger partial charge in [-0.15, -0.1) is 0 Å². The van der Waals surface area contributed by atoms with Gasteiger partial charge in [-0.3, -0.25) is 0 Å².